The number of hydrogen-bond acceptors (Lipinski definition) is 7. The summed E-state index contributed by atoms with van der Waals surface area (Å²) >= 11 is 7.17. The molecular weight excluding hydrogens is 460 g/mol. The molecule has 3 aromatic rings. The van der Waals surface area contributed by atoms with E-state index < -0.39 is 0 Å². The number of hydrogen-bond donors (Lipinski definition) is 3. The molecule has 0 spiro atoms. The van der Waals surface area contributed by atoms with Crippen LogP contribution >= 0.6 is 22.9 Å². The SMILES string of the molecule is O=C(NCC1=CN(c2ccc(-n3ccccc3=O)cc2N2CCCC2)NN1)c1ccc(Cl)s1. The summed E-state index contributed by atoms with van der Waals surface area (Å²) in [7, 11) is 0. The first-order valence-corrected chi connectivity index (χ1v) is 11.9. The molecule has 8 nitrogen and oxygen atoms in total. The van der Waals surface area contributed by atoms with E-state index in [1.807, 2.05) is 29.4 Å². The Kier molecular flexibility index (Phi) is 6.08. The highest BCUT2D eigenvalue weighted by molar-refractivity contribution is 7.18. The van der Waals surface area contributed by atoms with Crippen molar-refractivity contribution >= 4 is 40.2 Å². The summed E-state index contributed by atoms with van der Waals surface area (Å²) in [5.41, 5.74) is 9.85. The quantitative estimate of drug-likeness (QED) is 0.500. The van der Waals surface area contributed by atoms with E-state index in [9.17, 15) is 9.59 Å². The molecular formula is C23H23ClN6O2S. The zero-order chi connectivity index (χ0) is 22.8. The fourth-order valence-corrected chi connectivity index (χ4v) is 4.95. The van der Waals surface area contributed by atoms with E-state index in [1.54, 1.807) is 35.0 Å². The molecule has 0 atom stereocenters. The summed E-state index contributed by atoms with van der Waals surface area (Å²) in [4.78, 5) is 27.6. The molecule has 5 rings (SSSR count). The fraction of sp³-hybridized carbons (Fsp3) is 0.217. The lowest BCUT2D eigenvalue weighted by Crippen LogP contribution is -2.39. The van der Waals surface area contributed by atoms with Gasteiger partial charge in [0.15, 0.2) is 0 Å². The van der Waals surface area contributed by atoms with Crippen LogP contribution in [-0.4, -0.2) is 30.1 Å². The van der Waals surface area contributed by atoms with E-state index in [0.29, 0.717) is 15.8 Å². The van der Waals surface area contributed by atoms with E-state index >= 15 is 0 Å². The van der Waals surface area contributed by atoms with E-state index in [0.717, 1.165) is 48.7 Å². The summed E-state index contributed by atoms with van der Waals surface area (Å²) in [5.74, 6) is -0.163. The predicted octanol–water partition coefficient (Wildman–Crippen LogP) is 3.25. The normalized spacial score (nSPS) is 15.5. The number of halogens is 1. The van der Waals surface area contributed by atoms with Crippen molar-refractivity contribution in [2.45, 2.75) is 12.8 Å². The fourth-order valence-electron chi connectivity index (χ4n) is 3.99. The van der Waals surface area contributed by atoms with Crippen LogP contribution in [0.3, 0.4) is 0 Å². The van der Waals surface area contributed by atoms with Crippen LogP contribution < -0.4 is 31.7 Å². The number of aromatic nitrogens is 1. The minimum atomic E-state index is -0.163. The molecule has 2 aromatic heterocycles. The maximum absolute atomic E-state index is 12.3. The summed E-state index contributed by atoms with van der Waals surface area (Å²) in [6, 6.07) is 14.6. The molecule has 1 saturated heterocycles. The van der Waals surface area contributed by atoms with Gasteiger partial charge in [-0.2, -0.15) is 0 Å². The van der Waals surface area contributed by atoms with Gasteiger partial charge in [0.25, 0.3) is 11.5 Å². The molecule has 0 bridgehead atoms. The van der Waals surface area contributed by atoms with Crippen LogP contribution in [0.15, 0.2) is 71.4 Å². The van der Waals surface area contributed by atoms with Crippen LogP contribution in [0.25, 0.3) is 5.69 Å². The Labute approximate surface area is 200 Å². The van der Waals surface area contributed by atoms with Gasteiger partial charge < -0.3 is 15.6 Å². The van der Waals surface area contributed by atoms with Gasteiger partial charge in [-0.15, -0.1) is 16.9 Å². The van der Waals surface area contributed by atoms with E-state index in [2.05, 4.69) is 27.2 Å². The smallest absolute Gasteiger partial charge is 0.261 e. The molecule has 0 saturated carbocycles. The van der Waals surface area contributed by atoms with Crippen LogP contribution in [-0.2, 0) is 0 Å². The molecule has 0 unspecified atom stereocenters. The van der Waals surface area contributed by atoms with E-state index in [-0.39, 0.29) is 11.5 Å². The van der Waals surface area contributed by atoms with E-state index in [4.69, 9.17) is 11.6 Å². The Bertz CT molecular complexity index is 1260. The number of amides is 1. The number of nitrogens with zero attached hydrogens (tertiary/aromatic N) is 3. The number of pyridine rings is 1. The van der Waals surface area contributed by atoms with Crippen molar-refractivity contribution < 1.29 is 4.79 Å². The van der Waals surface area contributed by atoms with Crippen molar-refractivity contribution in [3.8, 4) is 5.69 Å². The van der Waals surface area contributed by atoms with Crippen LogP contribution in [0, 0.1) is 0 Å². The molecule has 4 heterocycles. The molecule has 1 aromatic carbocycles. The average Bonchev–Trinajstić information content (AvgIpc) is 3.59. The highest BCUT2D eigenvalue weighted by Gasteiger charge is 2.22. The molecule has 1 fully saturated rings. The van der Waals surface area contributed by atoms with Gasteiger partial charge in [-0.25, -0.2) is 0 Å². The number of hydrazine groups is 2. The van der Waals surface area contributed by atoms with Crippen molar-refractivity contribution in [2.24, 2.45) is 0 Å². The van der Waals surface area contributed by atoms with Gasteiger partial charge in [0.05, 0.1) is 38.5 Å². The summed E-state index contributed by atoms with van der Waals surface area (Å²) in [5, 5.41) is 4.80. The maximum Gasteiger partial charge on any atom is 0.261 e. The molecule has 1 amide bonds. The molecule has 170 valence electrons. The number of thiophene rings is 1. The first-order valence-electron chi connectivity index (χ1n) is 10.7. The largest absolute Gasteiger partial charge is 0.370 e. The van der Waals surface area contributed by atoms with E-state index in [1.165, 1.54) is 11.3 Å². The zero-order valence-electron chi connectivity index (χ0n) is 17.8. The Morgan fingerprint density at radius 3 is 2.70 bits per heavy atom. The second kappa shape index (κ2) is 9.30. The second-order valence-electron chi connectivity index (χ2n) is 7.82. The lowest BCUT2D eigenvalue weighted by Gasteiger charge is -2.26. The highest BCUT2D eigenvalue weighted by Crippen LogP contribution is 2.34. The summed E-state index contributed by atoms with van der Waals surface area (Å²) in [6.45, 7) is 2.28. The summed E-state index contributed by atoms with van der Waals surface area (Å²) in [6.07, 6.45) is 5.98. The number of nitrogens with one attached hydrogen (secondary N) is 3. The van der Waals surface area contributed by atoms with Gasteiger partial charge in [0.1, 0.15) is 0 Å². The predicted molar refractivity (Wildman–Crippen MR) is 132 cm³/mol. The van der Waals surface area contributed by atoms with Gasteiger partial charge in [-0.1, -0.05) is 17.7 Å². The van der Waals surface area contributed by atoms with Crippen LogP contribution in [0.1, 0.15) is 22.5 Å². The molecule has 33 heavy (non-hydrogen) atoms. The minimum Gasteiger partial charge on any atom is -0.370 e. The molecule has 2 aliphatic rings. The zero-order valence-corrected chi connectivity index (χ0v) is 19.3. The summed E-state index contributed by atoms with van der Waals surface area (Å²) < 4.78 is 2.23. The first-order chi connectivity index (χ1) is 16.1. The standard InChI is InChI=1S/C23H23ClN6O2S/c24-21-9-8-20(33-21)23(32)25-14-16-15-30(27-26-16)18-7-6-17(29-12-2-1-5-22(29)31)13-19(18)28-10-3-4-11-28/h1-2,5-9,12-13,15,26-27H,3-4,10-11,14H2,(H,25,32). The van der Waals surface area contributed by atoms with Crippen molar-refractivity contribution in [3.05, 3.63) is 86.2 Å². The third-order valence-electron chi connectivity index (χ3n) is 5.62. The van der Waals surface area contributed by atoms with Gasteiger partial charge in [0, 0.05) is 31.6 Å². The first kappa shape index (κ1) is 21.6. The third-order valence-corrected chi connectivity index (χ3v) is 6.85. The topological polar surface area (TPSA) is 81.6 Å². The number of rotatable bonds is 6. The number of benzene rings is 1. The van der Waals surface area contributed by atoms with Crippen molar-refractivity contribution in [1.29, 1.82) is 0 Å². The van der Waals surface area contributed by atoms with Gasteiger partial charge >= 0.3 is 0 Å². The van der Waals surface area contributed by atoms with Crippen LogP contribution in [0.5, 0.6) is 0 Å². The molecule has 0 radical (unpaired) electrons. The Hall–Kier alpha value is -3.27. The number of carbonyl (C=O) groups is 1. The highest BCUT2D eigenvalue weighted by atomic mass is 35.5. The van der Waals surface area contributed by atoms with Crippen LogP contribution in [0.2, 0.25) is 4.34 Å². The molecule has 0 aliphatic carbocycles. The molecule has 2 aliphatic heterocycles. The maximum atomic E-state index is 12.3. The number of anilines is 2. The van der Waals surface area contributed by atoms with Crippen molar-refractivity contribution in [3.63, 3.8) is 0 Å². The average molecular weight is 483 g/mol. The monoisotopic (exact) mass is 482 g/mol. The third kappa shape index (κ3) is 4.61. The minimum absolute atomic E-state index is 0.0662. The van der Waals surface area contributed by atoms with Crippen LogP contribution in [0.4, 0.5) is 11.4 Å². The number of carbonyl (C=O) groups excluding carboxylic acids is 1. The molecule has 10 heteroatoms. The lowest BCUT2D eigenvalue weighted by atomic mass is 10.2. The Morgan fingerprint density at radius 1 is 1.09 bits per heavy atom. The Morgan fingerprint density at radius 2 is 1.94 bits per heavy atom. The van der Waals surface area contributed by atoms with Gasteiger partial charge in [-0.3, -0.25) is 19.2 Å². The lowest BCUT2D eigenvalue weighted by molar-refractivity contribution is 0.0960. The van der Waals surface area contributed by atoms with Crippen molar-refractivity contribution in [2.75, 3.05) is 29.5 Å². The second-order valence-corrected chi connectivity index (χ2v) is 9.54. The molecule has 3 N–H and O–H groups in total. The van der Waals surface area contributed by atoms with Crippen molar-refractivity contribution in [1.82, 2.24) is 20.8 Å². The van der Waals surface area contributed by atoms with Gasteiger partial charge in [-0.05, 0) is 49.2 Å². The Balaban J connectivity index is 1.38. The van der Waals surface area contributed by atoms with Gasteiger partial charge in [0.2, 0.25) is 0 Å².